The molecule has 36 heavy (non-hydrogen) atoms. The average molecular weight is 562 g/mol. The van der Waals surface area contributed by atoms with Crippen molar-refractivity contribution in [3.63, 3.8) is 0 Å². The number of anilines is 1. The van der Waals surface area contributed by atoms with Crippen LogP contribution in [0.4, 0.5) is 18.9 Å². The second-order valence-electron chi connectivity index (χ2n) is 7.37. The lowest BCUT2D eigenvalue weighted by Crippen LogP contribution is -2.24. The van der Waals surface area contributed by atoms with Crippen molar-refractivity contribution in [1.82, 2.24) is 14.5 Å². The van der Waals surface area contributed by atoms with Gasteiger partial charge in [0.2, 0.25) is 0 Å². The van der Waals surface area contributed by atoms with E-state index in [0.29, 0.717) is 0 Å². The van der Waals surface area contributed by atoms with Gasteiger partial charge in [-0.3, -0.25) is 9.36 Å². The number of aliphatic hydroxyl groups excluding tert-OH is 1. The number of hydrogen-bond donors (Lipinski definition) is 3. The number of nitrogens with one attached hydrogen (secondary N) is 1. The molecule has 0 aliphatic carbocycles. The maximum atomic E-state index is 13.4. The van der Waals surface area contributed by atoms with E-state index in [1.807, 2.05) is 0 Å². The molecule has 1 atom stereocenters. The number of halogens is 6. The maximum Gasteiger partial charge on any atom is 0.573 e. The van der Waals surface area contributed by atoms with Crippen LogP contribution in [0.15, 0.2) is 53.6 Å². The van der Waals surface area contributed by atoms with Gasteiger partial charge in [-0.05, 0) is 24.3 Å². The Morgan fingerprint density at radius 2 is 1.83 bits per heavy atom. The van der Waals surface area contributed by atoms with Crippen LogP contribution in [0.5, 0.6) is 11.5 Å². The SMILES string of the molecule is O=c1c2c(NC(O)c3cc(Cl)c(O)c(Cl)n3)ccc(Cl)c2ncn1Cc1ccccc1OC(F)(F)F. The molecule has 14 heteroatoms. The Hall–Kier alpha value is -3.25. The second-order valence-corrected chi connectivity index (χ2v) is 8.54. The van der Waals surface area contributed by atoms with Crippen LogP contribution >= 0.6 is 34.8 Å². The van der Waals surface area contributed by atoms with Gasteiger partial charge < -0.3 is 20.3 Å². The summed E-state index contributed by atoms with van der Waals surface area (Å²) in [5.41, 5.74) is -0.463. The molecule has 8 nitrogen and oxygen atoms in total. The van der Waals surface area contributed by atoms with Crippen LogP contribution in [0.25, 0.3) is 10.9 Å². The number of ether oxygens (including phenoxy) is 1. The second kappa shape index (κ2) is 10.0. The van der Waals surface area contributed by atoms with Crippen LogP contribution in [0.1, 0.15) is 17.5 Å². The van der Waals surface area contributed by atoms with Crippen LogP contribution in [0.3, 0.4) is 0 Å². The van der Waals surface area contributed by atoms with Crippen molar-refractivity contribution in [3.8, 4) is 11.5 Å². The number of hydrogen-bond acceptors (Lipinski definition) is 7. The zero-order chi connectivity index (χ0) is 26.2. The summed E-state index contributed by atoms with van der Waals surface area (Å²) in [5, 5.41) is 22.6. The highest BCUT2D eigenvalue weighted by molar-refractivity contribution is 6.36. The molecule has 4 aromatic rings. The first kappa shape index (κ1) is 25.8. The molecule has 2 aromatic heterocycles. The quantitative estimate of drug-likeness (QED) is 0.210. The van der Waals surface area contributed by atoms with Crippen molar-refractivity contribution in [3.05, 3.63) is 85.6 Å². The highest BCUT2D eigenvalue weighted by atomic mass is 35.5. The van der Waals surface area contributed by atoms with Crippen LogP contribution in [-0.4, -0.2) is 31.1 Å². The molecule has 2 heterocycles. The fourth-order valence-corrected chi connectivity index (χ4v) is 4.02. The van der Waals surface area contributed by atoms with Gasteiger partial charge in [-0.25, -0.2) is 9.97 Å². The number of rotatable bonds is 6. The number of fused-ring (bicyclic) bond motifs is 1. The predicted molar refractivity (Wildman–Crippen MR) is 128 cm³/mol. The van der Waals surface area contributed by atoms with Crippen LogP contribution in [0, 0.1) is 0 Å². The van der Waals surface area contributed by atoms with Gasteiger partial charge in [0.05, 0.1) is 45.2 Å². The molecule has 3 N–H and O–H groups in total. The van der Waals surface area contributed by atoms with E-state index in [0.717, 1.165) is 17.0 Å². The number of aromatic nitrogens is 3. The number of para-hydroxylation sites is 1. The molecule has 0 fully saturated rings. The molecule has 0 spiro atoms. The van der Waals surface area contributed by atoms with E-state index in [-0.39, 0.29) is 49.6 Å². The molecule has 0 radical (unpaired) electrons. The van der Waals surface area contributed by atoms with Gasteiger partial charge in [-0.2, -0.15) is 0 Å². The Labute approximate surface area is 215 Å². The summed E-state index contributed by atoms with van der Waals surface area (Å²) >= 11 is 17.9. The normalized spacial score (nSPS) is 12.5. The van der Waals surface area contributed by atoms with E-state index >= 15 is 0 Å². The first-order valence-corrected chi connectivity index (χ1v) is 11.1. The third-order valence-electron chi connectivity index (χ3n) is 4.96. The minimum atomic E-state index is -4.92. The highest BCUT2D eigenvalue weighted by Crippen LogP contribution is 2.33. The summed E-state index contributed by atoms with van der Waals surface area (Å²) in [6, 6.07) is 9.39. The van der Waals surface area contributed by atoms with E-state index < -0.39 is 29.6 Å². The molecular formula is C22H14Cl3F3N4O4. The van der Waals surface area contributed by atoms with Crippen molar-refractivity contribution in [2.45, 2.75) is 19.1 Å². The lowest BCUT2D eigenvalue weighted by atomic mass is 10.1. The Morgan fingerprint density at radius 3 is 2.53 bits per heavy atom. The number of benzene rings is 2. The number of aromatic hydroxyl groups is 1. The number of nitrogens with zero attached hydrogens (tertiary/aromatic N) is 3. The smallest absolute Gasteiger partial charge is 0.504 e. The van der Waals surface area contributed by atoms with Crippen molar-refractivity contribution < 1.29 is 28.1 Å². The van der Waals surface area contributed by atoms with Crippen molar-refractivity contribution in [2.75, 3.05) is 5.32 Å². The van der Waals surface area contributed by atoms with E-state index in [4.69, 9.17) is 34.8 Å². The molecule has 0 saturated carbocycles. The topological polar surface area (TPSA) is 110 Å². The molecular weight excluding hydrogens is 548 g/mol. The van der Waals surface area contributed by atoms with Crippen LogP contribution in [0.2, 0.25) is 15.2 Å². The van der Waals surface area contributed by atoms with Crippen molar-refractivity contribution in [2.24, 2.45) is 0 Å². The van der Waals surface area contributed by atoms with Gasteiger partial charge in [-0.1, -0.05) is 53.0 Å². The predicted octanol–water partition coefficient (Wildman–Crippen LogP) is 5.51. The highest BCUT2D eigenvalue weighted by Gasteiger charge is 2.32. The van der Waals surface area contributed by atoms with Crippen LogP contribution in [-0.2, 0) is 6.54 Å². The van der Waals surface area contributed by atoms with Crippen molar-refractivity contribution in [1.29, 1.82) is 0 Å². The average Bonchev–Trinajstić information content (AvgIpc) is 2.80. The summed E-state index contributed by atoms with van der Waals surface area (Å²) < 4.78 is 43.5. The third kappa shape index (κ3) is 5.44. The minimum absolute atomic E-state index is 0.0470. The van der Waals surface area contributed by atoms with E-state index in [2.05, 4.69) is 20.0 Å². The molecule has 4 rings (SSSR count). The minimum Gasteiger partial charge on any atom is -0.504 e. The third-order valence-corrected chi connectivity index (χ3v) is 5.82. The van der Waals surface area contributed by atoms with Gasteiger partial charge in [0, 0.05) is 5.56 Å². The molecule has 0 saturated heterocycles. The Balaban J connectivity index is 1.75. The van der Waals surface area contributed by atoms with E-state index in [9.17, 15) is 28.2 Å². The lowest BCUT2D eigenvalue weighted by molar-refractivity contribution is -0.274. The summed E-state index contributed by atoms with van der Waals surface area (Å²) in [6.45, 7) is -0.298. The van der Waals surface area contributed by atoms with Crippen molar-refractivity contribution >= 4 is 51.4 Å². The Kier molecular flexibility index (Phi) is 7.19. The van der Waals surface area contributed by atoms with E-state index in [1.165, 1.54) is 36.4 Å². The molecule has 188 valence electrons. The van der Waals surface area contributed by atoms with Gasteiger partial charge >= 0.3 is 6.36 Å². The Morgan fingerprint density at radius 1 is 1.11 bits per heavy atom. The summed E-state index contributed by atoms with van der Waals surface area (Å²) in [5.74, 6) is -0.933. The van der Waals surface area contributed by atoms with Gasteiger partial charge in [-0.15, -0.1) is 13.2 Å². The molecule has 0 aliphatic rings. The molecule has 0 aliphatic heterocycles. The fraction of sp³-hybridized carbons (Fsp3) is 0.136. The summed E-state index contributed by atoms with van der Waals surface area (Å²) in [4.78, 5) is 21.4. The molecule has 1 unspecified atom stereocenters. The maximum absolute atomic E-state index is 13.4. The number of aliphatic hydroxyl groups is 1. The lowest BCUT2D eigenvalue weighted by Gasteiger charge is -2.17. The molecule has 0 bridgehead atoms. The zero-order valence-corrected chi connectivity index (χ0v) is 20.0. The largest absolute Gasteiger partial charge is 0.573 e. The summed E-state index contributed by atoms with van der Waals surface area (Å²) in [7, 11) is 0. The summed E-state index contributed by atoms with van der Waals surface area (Å²) in [6.07, 6.45) is -5.31. The molecule has 2 aromatic carbocycles. The van der Waals surface area contributed by atoms with Crippen LogP contribution < -0.4 is 15.6 Å². The zero-order valence-electron chi connectivity index (χ0n) is 17.7. The number of alkyl halides is 3. The van der Waals surface area contributed by atoms with Gasteiger partial charge in [0.1, 0.15) is 5.75 Å². The van der Waals surface area contributed by atoms with Gasteiger partial charge in [0.25, 0.3) is 5.56 Å². The monoisotopic (exact) mass is 560 g/mol. The Bertz CT molecular complexity index is 1490. The van der Waals surface area contributed by atoms with Gasteiger partial charge in [0.15, 0.2) is 17.1 Å². The standard InChI is InChI=1S/C22H14Cl3F3N4O4/c23-11-5-6-13(31-20(34)14-7-12(24)18(33)19(25)30-14)16-17(11)29-9-32(21(16)35)8-10-3-1-2-4-15(10)36-22(26,27)28/h1-7,9,20,31,33-34H,8H2. The van der Waals surface area contributed by atoms with E-state index in [1.54, 1.807) is 0 Å². The molecule has 0 amide bonds. The fourth-order valence-electron chi connectivity index (χ4n) is 3.36. The number of pyridine rings is 1. The first-order valence-electron chi connectivity index (χ1n) is 9.95. The first-order chi connectivity index (χ1) is 16.9.